The summed E-state index contributed by atoms with van der Waals surface area (Å²) in [4.78, 5) is 44.2. The van der Waals surface area contributed by atoms with Crippen LogP contribution in [0.2, 0.25) is 0 Å². The number of benzene rings is 2. The Hall–Kier alpha value is -4.58. The van der Waals surface area contributed by atoms with Crippen molar-refractivity contribution in [2.24, 2.45) is 0 Å². The van der Waals surface area contributed by atoms with Gasteiger partial charge >= 0.3 is 0 Å². The summed E-state index contributed by atoms with van der Waals surface area (Å²) < 4.78 is 25.9. The van der Waals surface area contributed by atoms with Gasteiger partial charge in [0.1, 0.15) is 11.2 Å². The number of anilines is 2. The van der Waals surface area contributed by atoms with Gasteiger partial charge in [-0.05, 0) is 30.0 Å². The third-order valence-electron chi connectivity index (χ3n) is 5.76. The molecule has 0 aliphatic rings. The average Bonchev–Trinajstić information content (AvgIpc) is 3.55. The van der Waals surface area contributed by atoms with E-state index >= 15 is 0 Å². The van der Waals surface area contributed by atoms with Crippen LogP contribution in [0.5, 0.6) is 0 Å². The van der Waals surface area contributed by atoms with E-state index in [4.69, 9.17) is 0 Å². The highest BCUT2D eigenvalue weighted by atomic mass is 32.2. The van der Waals surface area contributed by atoms with E-state index in [1.807, 2.05) is 31.2 Å². The molecule has 0 fully saturated rings. The molecule has 0 saturated carbocycles. The Kier molecular flexibility index (Phi) is 6.40. The molecular weight excluding hydrogens is 494 g/mol. The van der Waals surface area contributed by atoms with Crippen molar-refractivity contribution in [1.82, 2.24) is 24.9 Å². The molecule has 2 aromatic carbocycles. The first kappa shape index (κ1) is 24.1. The van der Waals surface area contributed by atoms with E-state index in [1.165, 1.54) is 18.3 Å². The highest BCUT2D eigenvalue weighted by Crippen LogP contribution is 2.26. The number of sulfone groups is 1. The number of carbonyl (C=O) groups is 2. The lowest BCUT2D eigenvalue weighted by Gasteiger charge is -2.08. The summed E-state index contributed by atoms with van der Waals surface area (Å²) in [5.74, 6) is -0.927. The lowest BCUT2D eigenvalue weighted by molar-refractivity contribution is 0.101. The van der Waals surface area contributed by atoms with Crippen LogP contribution in [0.25, 0.3) is 21.8 Å². The molecule has 0 unspecified atom stereocenters. The molecule has 0 saturated heterocycles. The van der Waals surface area contributed by atoms with Gasteiger partial charge in [-0.25, -0.2) is 18.4 Å². The SMILES string of the molecule is CCCCS(=O)(=O)c1cc(C(=O)Nc2ncc[nH]2)c2nc(NC(=O)c3cc4ccccc4cn3)[nH]c2c1. The van der Waals surface area contributed by atoms with Gasteiger partial charge in [0, 0.05) is 24.0 Å². The monoisotopic (exact) mass is 517 g/mol. The number of amides is 2. The van der Waals surface area contributed by atoms with Crippen molar-refractivity contribution in [1.29, 1.82) is 0 Å². The molecule has 0 aliphatic heterocycles. The van der Waals surface area contributed by atoms with Crippen LogP contribution < -0.4 is 10.6 Å². The van der Waals surface area contributed by atoms with E-state index < -0.39 is 21.7 Å². The third kappa shape index (κ3) is 5.05. The van der Waals surface area contributed by atoms with E-state index in [9.17, 15) is 18.0 Å². The lowest BCUT2D eigenvalue weighted by Crippen LogP contribution is -2.15. The number of aromatic nitrogens is 5. The molecule has 5 aromatic rings. The minimum atomic E-state index is -3.66. The van der Waals surface area contributed by atoms with Crippen molar-refractivity contribution in [2.75, 3.05) is 16.4 Å². The molecule has 11 nitrogen and oxygen atoms in total. The summed E-state index contributed by atoms with van der Waals surface area (Å²) in [7, 11) is -3.66. The fraction of sp³-hybridized carbons (Fsp3) is 0.160. The van der Waals surface area contributed by atoms with Gasteiger partial charge in [0.05, 0.1) is 21.7 Å². The minimum absolute atomic E-state index is 0.0178. The summed E-state index contributed by atoms with van der Waals surface area (Å²) in [5.41, 5.74) is 0.673. The maximum absolute atomic E-state index is 13.1. The summed E-state index contributed by atoms with van der Waals surface area (Å²) in [6.45, 7) is 1.90. The molecular formula is C25H23N7O4S. The van der Waals surface area contributed by atoms with Crippen molar-refractivity contribution >= 4 is 55.4 Å². The van der Waals surface area contributed by atoms with Gasteiger partial charge in [-0.2, -0.15) is 0 Å². The first-order chi connectivity index (χ1) is 17.8. The standard InChI is InChI=1S/C25H23N7O4S/c1-2-3-10-37(35,36)17-12-18(22(33)31-24-26-8-9-27-24)21-19(13-17)29-25(30-21)32-23(34)20-11-15-6-4-5-7-16(15)14-28-20/h4-9,11-14H,2-3,10H2,1H3,(H2,26,27,31,33)(H2,29,30,32,34). The van der Waals surface area contributed by atoms with Crippen LogP contribution in [0.4, 0.5) is 11.9 Å². The molecule has 0 radical (unpaired) electrons. The Morgan fingerprint density at radius 1 is 0.973 bits per heavy atom. The summed E-state index contributed by atoms with van der Waals surface area (Å²) in [6.07, 6.45) is 5.81. The Labute approximate surface area is 211 Å². The number of unbranched alkanes of at least 4 members (excludes halogenated alkanes) is 1. The predicted molar refractivity (Wildman–Crippen MR) is 139 cm³/mol. The zero-order valence-electron chi connectivity index (χ0n) is 19.8. The van der Waals surface area contributed by atoms with E-state index in [0.29, 0.717) is 12.8 Å². The van der Waals surface area contributed by atoms with Crippen molar-refractivity contribution in [3.63, 3.8) is 0 Å². The molecule has 5 rings (SSSR count). The fourth-order valence-electron chi connectivity index (χ4n) is 3.84. The Bertz CT molecular complexity index is 1730. The summed E-state index contributed by atoms with van der Waals surface area (Å²) >= 11 is 0. The number of hydrogen-bond donors (Lipinski definition) is 4. The number of nitrogens with zero attached hydrogens (tertiary/aromatic N) is 3. The first-order valence-corrected chi connectivity index (χ1v) is 13.2. The zero-order chi connectivity index (χ0) is 26.0. The van der Waals surface area contributed by atoms with Gasteiger partial charge in [0.25, 0.3) is 11.8 Å². The van der Waals surface area contributed by atoms with Gasteiger partial charge in [-0.15, -0.1) is 0 Å². The van der Waals surface area contributed by atoms with Crippen LogP contribution in [-0.4, -0.2) is 50.9 Å². The molecule has 0 spiro atoms. The van der Waals surface area contributed by atoms with Crippen LogP contribution in [0.3, 0.4) is 0 Å². The van der Waals surface area contributed by atoms with Crippen molar-refractivity contribution < 1.29 is 18.0 Å². The van der Waals surface area contributed by atoms with E-state index in [-0.39, 0.29) is 44.8 Å². The molecule has 3 heterocycles. The van der Waals surface area contributed by atoms with Crippen molar-refractivity contribution in [2.45, 2.75) is 24.7 Å². The molecule has 37 heavy (non-hydrogen) atoms. The zero-order valence-corrected chi connectivity index (χ0v) is 20.6. The maximum Gasteiger partial charge on any atom is 0.276 e. The van der Waals surface area contributed by atoms with Gasteiger partial charge in [0.15, 0.2) is 9.84 Å². The van der Waals surface area contributed by atoms with Crippen molar-refractivity contribution in [3.8, 4) is 0 Å². The van der Waals surface area contributed by atoms with Gasteiger partial charge in [0.2, 0.25) is 11.9 Å². The molecule has 0 aliphatic carbocycles. The smallest absolute Gasteiger partial charge is 0.276 e. The quantitative estimate of drug-likeness (QED) is 0.242. The number of fused-ring (bicyclic) bond motifs is 2. The number of nitrogens with one attached hydrogen (secondary N) is 4. The van der Waals surface area contributed by atoms with Crippen molar-refractivity contribution in [3.05, 3.63) is 72.3 Å². The maximum atomic E-state index is 13.1. The van der Waals surface area contributed by atoms with Crippen LogP contribution in [-0.2, 0) is 9.84 Å². The Balaban J connectivity index is 1.52. The van der Waals surface area contributed by atoms with E-state index in [2.05, 4.69) is 35.6 Å². The third-order valence-corrected chi connectivity index (χ3v) is 7.54. The molecule has 0 atom stereocenters. The highest BCUT2D eigenvalue weighted by Gasteiger charge is 2.23. The molecule has 188 valence electrons. The molecule has 4 N–H and O–H groups in total. The normalized spacial score (nSPS) is 11.6. The van der Waals surface area contributed by atoms with Crippen LogP contribution in [0.1, 0.15) is 40.6 Å². The summed E-state index contributed by atoms with van der Waals surface area (Å²) in [5, 5.41) is 6.99. The fourth-order valence-corrected chi connectivity index (χ4v) is 5.34. The second-order valence-electron chi connectivity index (χ2n) is 8.39. The number of carbonyl (C=O) groups excluding carboxylic acids is 2. The summed E-state index contributed by atoms with van der Waals surface area (Å²) in [6, 6.07) is 11.9. The number of H-pyrrole nitrogens is 2. The predicted octanol–water partition coefficient (Wildman–Crippen LogP) is 3.91. The topological polar surface area (TPSA) is 163 Å². The second-order valence-corrected chi connectivity index (χ2v) is 10.5. The Morgan fingerprint density at radius 3 is 2.51 bits per heavy atom. The van der Waals surface area contributed by atoms with Crippen LogP contribution in [0, 0.1) is 0 Å². The van der Waals surface area contributed by atoms with Crippen LogP contribution in [0.15, 0.2) is 66.0 Å². The van der Waals surface area contributed by atoms with E-state index in [0.717, 1.165) is 10.8 Å². The largest absolute Gasteiger partial charge is 0.331 e. The molecule has 3 aromatic heterocycles. The Morgan fingerprint density at radius 2 is 1.76 bits per heavy atom. The highest BCUT2D eigenvalue weighted by molar-refractivity contribution is 7.91. The van der Waals surface area contributed by atoms with Gasteiger partial charge in [-0.1, -0.05) is 37.6 Å². The minimum Gasteiger partial charge on any atom is -0.331 e. The number of pyridine rings is 1. The van der Waals surface area contributed by atoms with E-state index in [1.54, 1.807) is 18.5 Å². The van der Waals surface area contributed by atoms with Gasteiger partial charge in [-0.3, -0.25) is 25.2 Å². The van der Waals surface area contributed by atoms with Gasteiger partial charge < -0.3 is 9.97 Å². The molecule has 2 amide bonds. The number of rotatable bonds is 8. The number of aromatic amines is 2. The number of hydrogen-bond acceptors (Lipinski definition) is 7. The molecule has 0 bridgehead atoms. The first-order valence-electron chi connectivity index (χ1n) is 11.6. The second kappa shape index (κ2) is 9.82. The lowest BCUT2D eigenvalue weighted by atomic mass is 10.1. The van der Waals surface area contributed by atoms with Crippen LogP contribution >= 0.6 is 0 Å². The average molecular weight is 518 g/mol. The number of imidazole rings is 2. The molecule has 12 heteroatoms.